The molecular formula is C14H12BrFO2. The monoisotopic (exact) mass is 310 g/mol. The van der Waals surface area contributed by atoms with E-state index in [-0.39, 0.29) is 5.56 Å². The zero-order chi connectivity index (χ0) is 13.1. The molecule has 18 heavy (non-hydrogen) atoms. The maximum absolute atomic E-state index is 13.8. The number of aliphatic hydroxyl groups is 1. The Morgan fingerprint density at radius 1 is 1.17 bits per heavy atom. The third-order valence-corrected chi connectivity index (χ3v) is 3.22. The maximum Gasteiger partial charge on any atom is 0.133 e. The van der Waals surface area contributed by atoms with E-state index in [0.717, 1.165) is 4.47 Å². The molecule has 0 aromatic heterocycles. The first-order valence-corrected chi connectivity index (χ1v) is 6.18. The van der Waals surface area contributed by atoms with E-state index in [1.807, 2.05) is 0 Å². The van der Waals surface area contributed by atoms with Gasteiger partial charge in [0.25, 0.3) is 0 Å². The van der Waals surface area contributed by atoms with E-state index >= 15 is 0 Å². The van der Waals surface area contributed by atoms with Crippen LogP contribution in [0.1, 0.15) is 17.2 Å². The van der Waals surface area contributed by atoms with Crippen molar-refractivity contribution in [2.75, 3.05) is 7.11 Å². The molecule has 0 saturated carbocycles. The molecule has 0 spiro atoms. The second kappa shape index (κ2) is 5.50. The molecule has 94 valence electrons. The van der Waals surface area contributed by atoms with Gasteiger partial charge < -0.3 is 9.84 Å². The Hall–Kier alpha value is -1.39. The predicted molar refractivity (Wildman–Crippen MR) is 71.2 cm³/mol. The number of methoxy groups -OCH3 is 1. The molecule has 2 nitrogen and oxygen atoms in total. The molecule has 0 fully saturated rings. The van der Waals surface area contributed by atoms with Crippen molar-refractivity contribution in [2.45, 2.75) is 6.10 Å². The molecule has 2 aromatic carbocycles. The summed E-state index contributed by atoms with van der Waals surface area (Å²) in [7, 11) is 1.45. The molecule has 0 aliphatic rings. The highest BCUT2D eigenvalue weighted by Gasteiger charge is 2.19. The Balaban J connectivity index is 2.45. The van der Waals surface area contributed by atoms with Gasteiger partial charge >= 0.3 is 0 Å². The quantitative estimate of drug-likeness (QED) is 0.937. The highest BCUT2D eigenvalue weighted by Crippen LogP contribution is 2.32. The van der Waals surface area contributed by atoms with Crippen molar-refractivity contribution in [2.24, 2.45) is 0 Å². The lowest BCUT2D eigenvalue weighted by Crippen LogP contribution is -2.05. The van der Waals surface area contributed by atoms with Crippen LogP contribution in [-0.4, -0.2) is 12.2 Å². The Bertz CT molecular complexity index is 540. The minimum absolute atomic E-state index is 0.155. The summed E-state index contributed by atoms with van der Waals surface area (Å²) in [5.41, 5.74) is 0.768. The van der Waals surface area contributed by atoms with Crippen LogP contribution in [0.15, 0.2) is 46.9 Å². The fourth-order valence-corrected chi connectivity index (χ4v) is 2.04. The van der Waals surface area contributed by atoms with E-state index in [4.69, 9.17) is 4.74 Å². The summed E-state index contributed by atoms with van der Waals surface area (Å²) in [5, 5.41) is 10.2. The zero-order valence-corrected chi connectivity index (χ0v) is 11.3. The molecule has 0 radical (unpaired) electrons. The lowest BCUT2D eigenvalue weighted by atomic mass is 10.0. The largest absolute Gasteiger partial charge is 0.496 e. The molecule has 0 aliphatic carbocycles. The molecule has 0 aliphatic heterocycles. The van der Waals surface area contributed by atoms with E-state index in [2.05, 4.69) is 15.9 Å². The van der Waals surface area contributed by atoms with E-state index in [9.17, 15) is 9.50 Å². The number of hydrogen-bond donors (Lipinski definition) is 1. The summed E-state index contributed by atoms with van der Waals surface area (Å²) in [6, 6.07) is 11.5. The van der Waals surface area contributed by atoms with Gasteiger partial charge in [0.15, 0.2) is 0 Å². The van der Waals surface area contributed by atoms with Gasteiger partial charge in [-0.1, -0.05) is 34.1 Å². The lowest BCUT2D eigenvalue weighted by Gasteiger charge is -2.16. The highest BCUT2D eigenvalue weighted by atomic mass is 79.9. The van der Waals surface area contributed by atoms with Crippen LogP contribution in [0.4, 0.5) is 4.39 Å². The molecule has 1 N–H and O–H groups in total. The molecule has 1 unspecified atom stereocenters. The van der Waals surface area contributed by atoms with Crippen LogP contribution in [0.2, 0.25) is 0 Å². The van der Waals surface area contributed by atoms with Crippen LogP contribution in [0.3, 0.4) is 0 Å². The van der Waals surface area contributed by atoms with Crippen LogP contribution in [0.25, 0.3) is 0 Å². The molecule has 0 amide bonds. The smallest absolute Gasteiger partial charge is 0.133 e. The minimum Gasteiger partial charge on any atom is -0.496 e. The van der Waals surface area contributed by atoms with Gasteiger partial charge in [-0.05, 0) is 29.8 Å². The molecule has 2 aromatic rings. The summed E-state index contributed by atoms with van der Waals surface area (Å²) < 4.78 is 19.8. The number of aliphatic hydroxyl groups excluding tert-OH is 1. The van der Waals surface area contributed by atoms with Crippen molar-refractivity contribution in [1.82, 2.24) is 0 Å². The van der Waals surface area contributed by atoms with Crippen molar-refractivity contribution >= 4 is 15.9 Å². The van der Waals surface area contributed by atoms with Gasteiger partial charge in [-0.2, -0.15) is 0 Å². The van der Waals surface area contributed by atoms with Crippen molar-refractivity contribution < 1.29 is 14.2 Å². The van der Waals surface area contributed by atoms with E-state index in [1.165, 1.54) is 13.2 Å². The molecular weight excluding hydrogens is 299 g/mol. The first kappa shape index (κ1) is 13.1. The third kappa shape index (κ3) is 2.54. The maximum atomic E-state index is 13.8. The van der Waals surface area contributed by atoms with Crippen LogP contribution in [0.5, 0.6) is 5.75 Å². The Morgan fingerprint density at radius 3 is 2.44 bits per heavy atom. The summed E-state index contributed by atoms with van der Waals surface area (Å²) in [5.74, 6) is -0.143. The zero-order valence-electron chi connectivity index (χ0n) is 9.73. The number of halogens is 2. The average molecular weight is 311 g/mol. The van der Waals surface area contributed by atoms with Crippen LogP contribution in [0, 0.1) is 5.82 Å². The van der Waals surface area contributed by atoms with Crippen molar-refractivity contribution in [3.8, 4) is 5.75 Å². The summed E-state index contributed by atoms with van der Waals surface area (Å²) >= 11 is 3.31. The highest BCUT2D eigenvalue weighted by molar-refractivity contribution is 9.10. The SMILES string of the molecule is COc1cccc(F)c1C(O)c1ccc(Br)cc1. The summed E-state index contributed by atoms with van der Waals surface area (Å²) in [4.78, 5) is 0. The second-order valence-corrected chi connectivity index (χ2v) is 4.73. The third-order valence-electron chi connectivity index (χ3n) is 2.69. The Morgan fingerprint density at radius 2 is 1.83 bits per heavy atom. The number of hydrogen-bond acceptors (Lipinski definition) is 2. The normalized spacial score (nSPS) is 12.2. The first-order chi connectivity index (χ1) is 8.63. The van der Waals surface area contributed by atoms with Crippen LogP contribution < -0.4 is 4.74 Å². The Kier molecular flexibility index (Phi) is 3.99. The number of ether oxygens (including phenoxy) is 1. The fraction of sp³-hybridized carbons (Fsp3) is 0.143. The number of rotatable bonds is 3. The lowest BCUT2D eigenvalue weighted by molar-refractivity contribution is 0.209. The minimum atomic E-state index is -1.05. The topological polar surface area (TPSA) is 29.5 Å². The molecule has 4 heteroatoms. The molecule has 1 atom stereocenters. The summed E-state index contributed by atoms with van der Waals surface area (Å²) in [6.45, 7) is 0. The fourth-order valence-electron chi connectivity index (χ4n) is 1.77. The van der Waals surface area contributed by atoms with Gasteiger partial charge in [-0.3, -0.25) is 0 Å². The molecule has 0 bridgehead atoms. The van der Waals surface area contributed by atoms with E-state index in [1.54, 1.807) is 36.4 Å². The average Bonchev–Trinajstić information content (AvgIpc) is 2.38. The first-order valence-electron chi connectivity index (χ1n) is 5.39. The Labute approximate surface area is 113 Å². The van der Waals surface area contributed by atoms with Gasteiger partial charge in [0.2, 0.25) is 0 Å². The standard InChI is InChI=1S/C14H12BrFO2/c1-18-12-4-2-3-11(16)13(12)14(17)9-5-7-10(15)8-6-9/h2-8,14,17H,1H3. The summed E-state index contributed by atoms with van der Waals surface area (Å²) in [6.07, 6.45) is -1.05. The van der Waals surface area contributed by atoms with Gasteiger partial charge in [0.1, 0.15) is 17.7 Å². The van der Waals surface area contributed by atoms with E-state index < -0.39 is 11.9 Å². The predicted octanol–water partition coefficient (Wildman–Crippen LogP) is 3.68. The van der Waals surface area contributed by atoms with Crippen molar-refractivity contribution in [3.63, 3.8) is 0 Å². The molecule has 0 saturated heterocycles. The van der Waals surface area contributed by atoms with Crippen LogP contribution in [-0.2, 0) is 0 Å². The van der Waals surface area contributed by atoms with Crippen molar-refractivity contribution in [1.29, 1.82) is 0 Å². The van der Waals surface area contributed by atoms with E-state index in [0.29, 0.717) is 11.3 Å². The van der Waals surface area contributed by atoms with Gasteiger partial charge in [0, 0.05) is 4.47 Å². The van der Waals surface area contributed by atoms with Gasteiger partial charge in [-0.15, -0.1) is 0 Å². The number of benzene rings is 2. The van der Waals surface area contributed by atoms with Crippen LogP contribution >= 0.6 is 15.9 Å². The molecule has 0 heterocycles. The van der Waals surface area contributed by atoms with Crippen molar-refractivity contribution in [3.05, 3.63) is 63.9 Å². The second-order valence-electron chi connectivity index (χ2n) is 3.81. The van der Waals surface area contributed by atoms with Gasteiger partial charge in [-0.25, -0.2) is 4.39 Å². The molecule has 2 rings (SSSR count). The van der Waals surface area contributed by atoms with Gasteiger partial charge in [0.05, 0.1) is 12.7 Å².